The first kappa shape index (κ1) is 11.2. The summed E-state index contributed by atoms with van der Waals surface area (Å²) in [6.45, 7) is 3.10. The van der Waals surface area contributed by atoms with E-state index in [-0.39, 0.29) is 0 Å². The Balaban J connectivity index is 1.49. The number of nitrogens with zero attached hydrogens (tertiary/aromatic N) is 3. The van der Waals surface area contributed by atoms with Crippen LogP contribution in [0, 0.1) is 0 Å². The van der Waals surface area contributed by atoms with Crippen molar-refractivity contribution in [1.29, 1.82) is 0 Å². The third-order valence-electron chi connectivity index (χ3n) is 3.08. The van der Waals surface area contributed by atoms with Gasteiger partial charge in [-0.25, -0.2) is 4.98 Å². The molecule has 2 aromatic heterocycles. The second-order valence-corrected chi connectivity index (χ2v) is 5.66. The van der Waals surface area contributed by atoms with Gasteiger partial charge < -0.3 is 5.32 Å². The van der Waals surface area contributed by atoms with Crippen molar-refractivity contribution in [2.24, 2.45) is 0 Å². The van der Waals surface area contributed by atoms with Crippen LogP contribution >= 0.6 is 11.3 Å². The molecule has 2 aromatic rings. The minimum absolute atomic E-state index is 0.807. The number of thiazole rings is 1. The monoisotopic (exact) mass is 250 g/mol. The maximum absolute atomic E-state index is 4.59. The Morgan fingerprint density at radius 1 is 1.59 bits per heavy atom. The van der Waals surface area contributed by atoms with Crippen LogP contribution in [0.4, 0.5) is 0 Å². The molecule has 1 saturated carbocycles. The van der Waals surface area contributed by atoms with E-state index in [4.69, 9.17) is 0 Å². The average Bonchev–Trinajstić information content (AvgIpc) is 2.87. The van der Waals surface area contributed by atoms with Gasteiger partial charge in [-0.1, -0.05) is 0 Å². The van der Waals surface area contributed by atoms with Gasteiger partial charge >= 0.3 is 0 Å². The van der Waals surface area contributed by atoms with Gasteiger partial charge in [0.2, 0.25) is 0 Å². The normalized spacial score (nSPS) is 16.1. The van der Waals surface area contributed by atoms with E-state index in [1.54, 1.807) is 11.3 Å². The van der Waals surface area contributed by atoms with Gasteiger partial charge in [0.05, 0.1) is 5.69 Å². The molecule has 0 unspecified atom stereocenters. The number of fused-ring (bicyclic) bond motifs is 1. The Morgan fingerprint density at radius 3 is 3.24 bits per heavy atom. The van der Waals surface area contributed by atoms with Crippen LogP contribution < -0.4 is 5.32 Å². The fraction of sp³-hybridized carbons (Fsp3) is 0.583. The van der Waals surface area contributed by atoms with Crippen molar-refractivity contribution in [2.75, 3.05) is 20.1 Å². The Bertz CT molecular complexity index is 457. The van der Waals surface area contributed by atoms with Gasteiger partial charge in [-0.2, -0.15) is 0 Å². The van der Waals surface area contributed by atoms with Crippen LogP contribution in [-0.4, -0.2) is 40.5 Å². The van der Waals surface area contributed by atoms with Crippen molar-refractivity contribution in [3.8, 4) is 0 Å². The highest BCUT2D eigenvalue weighted by molar-refractivity contribution is 7.15. The molecular formula is C12H18N4S. The molecular weight excluding hydrogens is 232 g/mol. The number of hydrogen-bond acceptors (Lipinski definition) is 4. The van der Waals surface area contributed by atoms with Crippen LogP contribution in [0.1, 0.15) is 18.5 Å². The van der Waals surface area contributed by atoms with Crippen LogP contribution in [0.15, 0.2) is 17.8 Å². The molecule has 2 heterocycles. The highest BCUT2D eigenvalue weighted by atomic mass is 32.1. The van der Waals surface area contributed by atoms with E-state index in [2.05, 4.69) is 44.4 Å². The fourth-order valence-electron chi connectivity index (χ4n) is 1.95. The summed E-state index contributed by atoms with van der Waals surface area (Å²) in [4.78, 5) is 8.00. The van der Waals surface area contributed by atoms with Gasteiger partial charge in [0.25, 0.3) is 0 Å². The number of imidazole rings is 1. The summed E-state index contributed by atoms with van der Waals surface area (Å²) in [5.74, 6) is 0. The zero-order valence-corrected chi connectivity index (χ0v) is 10.9. The quantitative estimate of drug-likeness (QED) is 0.845. The van der Waals surface area contributed by atoms with Gasteiger partial charge in [-0.15, -0.1) is 11.3 Å². The fourth-order valence-corrected chi connectivity index (χ4v) is 2.67. The molecule has 1 aliphatic rings. The zero-order valence-electron chi connectivity index (χ0n) is 10.1. The minimum Gasteiger partial charge on any atom is -0.313 e. The molecule has 5 heteroatoms. The molecule has 4 nitrogen and oxygen atoms in total. The smallest absolute Gasteiger partial charge is 0.193 e. The standard InChI is InChI=1S/C12H18N4S/c1-15(5-4-13-10-2-3-10)8-11-9-16-6-7-17-12(16)14-11/h6-7,9-10,13H,2-5,8H2,1H3. The molecule has 0 atom stereocenters. The van der Waals surface area contributed by atoms with Crippen molar-refractivity contribution in [2.45, 2.75) is 25.4 Å². The zero-order chi connectivity index (χ0) is 11.7. The number of hydrogen-bond donors (Lipinski definition) is 1. The highest BCUT2D eigenvalue weighted by Gasteiger charge is 2.19. The van der Waals surface area contributed by atoms with Gasteiger partial charge in [0, 0.05) is 43.4 Å². The van der Waals surface area contributed by atoms with Gasteiger partial charge in [0.15, 0.2) is 4.96 Å². The molecule has 0 aliphatic heterocycles. The van der Waals surface area contributed by atoms with Gasteiger partial charge in [-0.3, -0.25) is 9.30 Å². The summed E-state index contributed by atoms with van der Waals surface area (Å²) in [6, 6.07) is 0.807. The van der Waals surface area contributed by atoms with Gasteiger partial charge in [-0.05, 0) is 19.9 Å². The predicted octanol–water partition coefficient (Wildman–Crippen LogP) is 1.58. The summed E-state index contributed by atoms with van der Waals surface area (Å²) in [6.07, 6.45) is 6.91. The topological polar surface area (TPSA) is 32.6 Å². The summed E-state index contributed by atoms with van der Waals surface area (Å²) >= 11 is 1.69. The van der Waals surface area contributed by atoms with Crippen LogP contribution in [0.3, 0.4) is 0 Å². The maximum atomic E-state index is 4.59. The molecule has 1 N–H and O–H groups in total. The lowest BCUT2D eigenvalue weighted by Gasteiger charge is -2.15. The van der Waals surface area contributed by atoms with Crippen LogP contribution in [0.2, 0.25) is 0 Å². The minimum atomic E-state index is 0.807. The van der Waals surface area contributed by atoms with E-state index < -0.39 is 0 Å². The third kappa shape index (κ3) is 2.86. The SMILES string of the molecule is CN(CCNC1CC1)Cc1cn2ccsc2n1. The molecule has 3 rings (SSSR count). The van der Waals surface area contributed by atoms with E-state index in [1.807, 2.05) is 0 Å². The number of nitrogens with one attached hydrogen (secondary N) is 1. The van der Waals surface area contributed by atoms with E-state index in [1.165, 1.54) is 12.8 Å². The van der Waals surface area contributed by atoms with E-state index in [0.717, 1.165) is 36.3 Å². The first-order valence-electron chi connectivity index (χ1n) is 6.14. The third-order valence-corrected chi connectivity index (χ3v) is 3.85. The first-order chi connectivity index (χ1) is 8.31. The van der Waals surface area contributed by atoms with E-state index in [0.29, 0.717) is 0 Å². The molecule has 0 bridgehead atoms. The van der Waals surface area contributed by atoms with Crippen LogP contribution in [0.25, 0.3) is 4.96 Å². The Morgan fingerprint density at radius 2 is 2.47 bits per heavy atom. The Labute approximate surface area is 105 Å². The maximum Gasteiger partial charge on any atom is 0.193 e. The van der Waals surface area contributed by atoms with Crippen molar-refractivity contribution in [1.82, 2.24) is 19.6 Å². The molecule has 0 radical (unpaired) electrons. The molecule has 92 valence electrons. The lowest BCUT2D eigenvalue weighted by Crippen LogP contribution is -2.30. The second kappa shape index (κ2) is 4.76. The lowest BCUT2D eigenvalue weighted by atomic mass is 10.4. The Hall–Kier alpha value is -0.910. The largest absolute Gasteiger partial charge is 0.313 e. The average molecular weight is 250 g/mol. The lowest BCUT2D eigenvalue weighted by molar-refractivity contribution is 0.321. The number of likely N-dealkylation sites (N-methyl/N-ethyl adjacent to an activating group) is 1. The van der Waals surface area contributed by atoms with Gasteiger partial charge in [0.1, 0.15) is 0 Å². The van der Waals surface area contributed by atoms with Crippen molar-refractivity contribution in [3.63, 3.8) is 0 Å². The van der Waals surface area contributed by atoms with Crippen molar-refractivity contribution in [3.05, 3.63) is 23.5 Å². The number of rotatable bonds is 6. The molecule has 0 saturated heterocycles. The first-order valence-corrected chi connectivity index (χ1v) is 7.02. The predicted molar refractivity (Wildman–Crippen MR) is 70.4 cm³/mol. The van der Waals surface area contributed by atoms with Crippen molar-refractivity contribution < 1.29 is 0 Å². The molecule has 0 spiro atoms. The van der Waals surface area contributed by atoms with E-state index in [9.17, 15) is 0 Å². The summed E-state index contributed by atoms with van der Waals surface area (Å²) in [7, 11) is 2.15. The van der Waals surface area contributed by atoms with Crippen LogP contribution in [0.5, 0.6) is 0 Å². The molecule has 1 fully saturated rings. The van der Waals surface area contributed by atoms with E-state index >= 15 is 0 Å². The van der Waals surface area contributed by atoms with Crippen LogP contribution in [-0.2, 0) is 6.54 Å². The molecule has 1 aliphatic carbocycles. The summed E-state index contributed by atoms with van der Waals surface area (Å²) < 4.78 is 2.09. The molecule has 0 aromatic carbocycles. The number of aromatic nitrogens is 2. The Kier molecular flexibility index (Phi) is 3.13. The highest BCUT2D eigenvalue weighted by Crippen LogP contribution is 2.18. The summed E-state index contributed by atoms with van der Waals surface area (Å²) in [5, 5.41) is 5.59. The van der Waals surface area contributed by atoms with Crippen molar-refractivity contribution >= 4 is 16.3 Å². The molecule has 17 heavy (non-hydrogen) atoms. The second-order valence-electron chi connectivity index (χ2n) is 4.79. The summed E-state index contributed by atoms with van der Waals surface area (Å²) in [5.41, 5.74) is 1.16. The molecule has 0 amide bonds.